The summed E-state index contributed by atoms with van der Waals surface area (Å²) in [7, 11) is 3.84. The van der Waals surface area contributed by atoms with Crippen molar-refractivity contribution in [3.63, 3.8) is 0 Å². The van der Waals surface area contributed by atoms with Crippen molar-refractivity contribution in [2.75, 3.05) is 36.6 Å². The van der Waals surface area contributed by atoms with E-state index in [2.05, 4.69) is 36.2 Å². The summed E-state index contributed by atoms with van der Waals surface area (Å²) in [6, 6.07) is 10.7. The Morgan fingerprint density at radius 3 is 2.69 bits per heavy atom. The molecule has 1 fully saturated rings. The summed E-state index contributed by atoms with van der Waals surface area (Å²) in [5.41, 5.74) is 2.81. The third-order valence-electron chi connectivity index (χ3n) is 7.18. The average molecular weight is 589 g/mol. The number of pyridine rings is 1. The predicted molar refractivity (Wildman–Crippen MR) is 162 cm³/mol. The average Bonchev–Trinajstić information content (AvgIpc) is 3.30. The maximum Gasteiger partial charge on any atom is 0.270 e. The number of nitrogens with zero attached hydrogens (tertiary/aromatic N) is 4. The fourth-order valence-electron chi connectivity index (χ4n) is 5.18. The van der Waals surface area contributed by atoms with Crippen LogP contribution in [0.1, 0.15) is 53.3 Å². The van der Waals surface area contributed by atoms with Gasteiger partial charge in [-0.2, -0.15) is 0 Å². The maximum atomic E-state index is 12.9. The van der Waals surface area contributed by atoms with Crippen molar-refractivity contribution in [3.05, 3.63) is 82.9 Å². The third-order valence-corrected chi connectivity index (χ3v) is 7.47. The van der Waals surface area contributed by atoms with E-state index in [0.717, 1.165) is 30.5 Å². The van der Waals surface area contributed by atoms with Crippen molar-refractivity contribution >= 4 is 46.6 Å². The Balaban J connectivity index is 1.17. The Bertz CT molecular complexity index is 1490. The number of fused-ring (bicyclic) bond motifs is 1. The van der Waals surface area contributed by atoms with Gasteiger partial charge in [0.05, 0.1) is 28.8 Å². The number of hydrogen-bond acceptors (Lipinski definition) is 8. The van der Waals surface area contributed by atoms with Crippen molar-refractivity contribution in [1.82, 2.24) is 25.2 Å². The molecule has 3 atom stereocenters. The van der Waals surface area contributed by atoms with E-state index >= 15 is 0 Å². The van der Waals surface area contributed by atoms with Crippen LogP contribution in [0.2, 0.25) is 5.02 Å². The summed E-state index contributed by atoms with van der Waals surface area (Å²) in [5.74, 6) is -0.934. The van der Waals surface area contributed by atoms with Crippen LogP contribution < -0.4 is 21.3 Å². The minimum absolute atomic E-state index is 0.0221. The van der Waals surface area contributed by atoms with Gasteiger partial charge in [-0.15, -0.1) is 0 Å². The molecule has 1 aliphatic carbocycles. The van der Waals surface area contributed by atoms with Crippen LogP contribution in [-0.2, 0) is 9.59 Å². The summed E-state index contributed by atoms with van der Waals surface area (Å²) in [4.78, 5) is 52.9. The lowest BCUT2D eigenvalue weighted by Gasteiger charge is -2.30. The number of halogens is 1. The first-order chi connectivity index (χ1) is 20.3. The maximum absolute atomic E-state index is 12.9. The van der Waals surface area contributed by atoms with Crippen LogP contribution in [0.25, 0.3) is 0 Å². The van der Waals surface area contributed by atoms with Crippen LogP contribution in [-0.4, -0.2) is 70.3 Å². The number of anilines is 3. The van der Waals surface area contributed by atoms with E-state index in [0.29, 0.717) is 35.3 Å². The van der Waals surface area contributed by atoms with Crippen molar-refractivity contribution in [2.45, 2.75) is 43.7 Å². The van der Waals surface area contributed by atoms with Gasteiger partial charge in [-0.3, -0.25) is 14.4 Å². The minimum atomic E-state index is -0.609. The fourth-order valence-corrected chi connectivity index (χ4v) is 5.38. The highest BCUT2D eigenvalue weighted by molar-refractivity contribution is 6.31. The van der Waals surface area contributed by atoms with Gasteiger partial charge in [0.15, 0.2) is 0 Å². The van der Waals surface area contributed by atoms with Crippen LogP contribution >= 0.6 is 11.6 Å². The summed E-state index contributed by atoms with van der Waals surface area (Å²) in [6.45, 7) is 0.657. The lowest BCUT2D eigenvalue weighted by atomic mass is 9.91. The molecule has 2 aliphatic rings. The number of amides is 3. The SMILES string of the molecule is CN(C)CC=CC(=O)Nc1ccc(C(=O)NC2CCCC(Nc3ncc(Cl)c(C4C(=O)Nc5ccccc54)n3)C2)nc1. The molecule has 11 nitrogen and oxygen atoms in total. The third kappa shape index (κ3) is 7.10. The molecule has 3 amide bonds. The molecule has 5 rings (SSSR count). The van der Waals surface area contributed by atoms with E-state index in [-0.39, 0.29) is 35.5 Å². The smallest absolute Gasteiger partial charge is 0.270 e. The number of aromatic nitrogens is 3. The molecule has 1 aromatic carbocycles. The first-order valence-corrected chi connectivity index (χ1v) is 14.2. The number of carbonyl (C=O) groups is 3. The fraction of sp³-hybridized carbons (Fsp3) is 0.333. The van der Waals surface area contributed by atoms with Gasteiger partial charge in [0, 0.05) is 30.4 Å². The van der Waals surface area contributed by atoms with Crippen LogP contribution in [0.15, 0.2) is 60.9 Å². The number of para-hydroxylation sites is 1. The van der Waals surface area contributed by atoms with Gasteiger partial charge in [-0.25, -0.2) is 15.0 Å². The van der Waals surface area contributed by atoms with E-state index in [4.69, 9.17) is 11.6 Å². The molecule has 3 heterocycles. The molecule has 0 bridgehead atoms. The van der Waals surface area contributed by atoms with E-state index < -0.39 is 5.92 Å². The first-order valence-electron chi connectivity index (χ1n) is 13.8. The zero-order valence-electron chi connectivity index (χ0n) is 23.4. The molecule has 1 saturated carbocycles. The predicted octanol–water partition coefficient (Wildman–Crippen LogP) is 3.82. The highest BCUT2D eigenvalue weighted by atomic mass is 35.5. The number of carbonyl (C=O) groups excluding carboxylic acids is 3. The molecule has 3 unspecified atom stereocenters. The molecule has 4 N–H and O–H groups in total. The van der Waals surface area contributed by atoms with Crippen molar-refractivity contribution in [3.8, 4) is 0 Å². The van der Waals surface area contributed by atoms with Gasteiger partial charge in [-0.05, 0) is 63.5 Å². The molecule has 3 aromatic rings. The van der Waals surface area contributed by atoms with Crippen molar-refractivity contribution < 1.29 is 14.4 Å². The largest absolute Gasteiger partial charge is 0.351 e. The van der Waals surface area contributed by atoms with Gasteiger partial charge >= 0.3 is 0 Å². The molecule has 0 saturated heterocycles. The number of rotatable bonds is 9. The Hall–Kier alpha value is -4.35. The number of hydrogen-bond donors (Lipinski definition) is 4. The lowest BCUT2D eigenvalue weighted by molar-refractivity contribution is -0.116. The van der Waals surface area contributed by atoms with Gasteiger partial charge in [0.2, 0.25) is 17.8 Å². The Morgan fingerprint density at radius 2 is 1.90 bits per heavy atom. The topological polar surface area (TPSA) is 141 Å². The normalized spacial score (nSPS) is 19.8. The first kappa shape index (κ1) is 29.2. The molecule has 2 aromatic heterocycles. The van der Waals surface area contributed by atoms with E-state index in [9.17, 15) is 14.4 Å². The molecular formula is C30H33ClN8O3. The molecule has 1 aliphatic heterocycles. The summed E-state index contributed by atoms with van der Waals surface area (Å²) < 4.78 is 0. The van der Waals surface area contributed by atoms with Crippen LogP contribution in [0.4, 0.5) is 17.3 Å². The van der Waals surface area contributed by atoms with Crippen LogP contribution in [0.3, 0.4) is 0 Å². The standard InChI is InChI=1S/C30H33ClN8O3/c1-39(2)14-6-11-25(40)34-20-12-13-24(32-16-20)28(41)35-18-7-5-8-19(15-18)36-30-33-17-22(31)27(38-30)26-21-9-3-4-10-23(21)37-29(26)42/h3-4,6,9-13,16-19,26H,5,7-8,14-15H2,1-2H3,(H,34,40)(H,35,41)(H,37,42)(H,33,36,38). The molecule has 218 valence electrons. The second-order valence-electron chi connectivity index (χ2n) is 10.7. The van der Waals surface area contributed by atoms with Crippen molar-refractivity contribution in [2.24, 2.45) is 0 Å². The van der Waals surface area contributed by atoms with Gasteiger partial charge in [0.1, 0.15) is 11.6 Å². The molecular weight excluding hydrogens is 556 g/mol. The zero-order chi connectivity index (χ0) is 29.6. The summed E-state index contributed by atoms with van der Waals surface area (Å²) in [6.07, 6.45) is 9.51. The quantitative estimate of drug-likeness (QED) is 0.277. The highest BCUT2D eigenvalue weighted by Gasteiger charge is 2.35. The summed E-state index contributed by atoms with van der Waals surface area (Å²) in [5, 5.41) is 12.4. The summed E-state index contributed by atoms with van der Waals surface area (Å²) >= 11 is 6.44. The van der Waals surface area contributed by atoms with Crippen molar-refractivity contribution in [1.29, 1.82) is 0 Å². The number of benzene rings is 1. The molecule has 42 heavy (non-hydrogen) atoms. The van der Waals surface area contributed by atoms with E-state index in [1.165, 1.54) is 18.5 Å². The van der Waals surface area contributed by atoms with Gasteiger partial charge in [-0.1, -0.05) is 35.9 Å². The Morgan fingerprint density at radius 1 is 1.10 bits per heavy atom. The Labute approximate surface area is 249 Å². The van der Waals surface area contributed by atoms with Crippen LogP contribution in [0, 0.1) is 0 Å². The van der Waals surface area contributed by atoms with Crippen LogP contribution in [0.5, 0.6) is 0 Å². The second kappa shape index (κ2) is 13.1. The Kier molecular flexibility index (Phi) is 9.09. The number of nitrogens with one attached hydrogen (secondary N) is 4. The zero-order valence-corrected chi connectivity index (χ0v) is 24.2. The number of likely N-dealkylation sites (N-methyl/N-ethyl adjacent to an activating group) is 1. The van der Waals surface area contributed by atoms with Gasteiger partial charge in [0.25, 0.3) is 5.91 Å². The second-order valence-corrected chi connectivity index (χ2v) is 11.1. The van der Waals surface area contributed by atoms with Gasteiger partial charge < -0.3 is 26.2 Å². The molecule has 12 heteroatoms. The monoisotopic (exact) mass is 588 g/mol. The van der Waals surface area contributed by atoms with E-state index in [1.54, 1.807) is 18.2 Å². The highest BCUT2D eigenvalue weighted by Crippen LogP contribution is 2.38. The molecule has 0 radical (unpaired) electrons. The lowest BCUT2D eigenvalue weighted by Crippen LogP contribution is -2.42. The molecule has 0 spiro atoms. The minimum Gasteiger partial charge on any atom is -0.351 e. The van der Waals surface area contributed by atoms with E-state index in [1.807, 2.05) is 43.3 Å².